The molecule has 0 saturated heterocycles. The van der Waals surface area contributed by atoms with Gasteiger partial charge in [-0.1, -0.05) is 40.9 Å². The molecule has 2 aromatic carbocycles. The van der Waals surface area contributed by atoms with Gasteiger partial charge in [0.1, 0.15) is 5.75 Å². The molecule has 0 aliphatic carbocycles. The van der Waals surface area contributed by atoms with Gasteiger partial charge >= 0.3 is 0 Å². The molecule has 21 heavy (non-hydrogen) atoms. The molecule has 6 heteroatoms. The number of hydrogen-bond acceptors (Lipinski definition) is 2. The topological polar surface area (TPSA) is 29.5 Å². The van der Waals surface area contributed by atoms with Gasteiger partial charge in [-0.15, -0.1) is 0 Å². The zero-order valence-electron chi connectivity index (χ0n) is 10.8. The lowest BCUT2D eigenvalue weighted by atomic mass is 10.1. The fourth-order valence-corrected chi connectivity index (χ4v) is 2.87. The highest BCUT2D eigenvalue weighted by molar-refractivity contribution is 6.36. The number of halogens is 3. The van der Waals surface area contributed by atoms with Gasteiger partial charge in [0.2, 0.25) is 0 Å². The van der Waals surface area contributed by atoms with Gasteiger partial charge in [0.15, 0.2) is 6.61 Å². The van der Waals surface area contributed by atoms with Gasteiger partial charge in [0.25, 0.3) is 5.91 Å². The van der Waals surface area contributed by atoms with Crippen LogP contribution in [0.3, 0.4) is 0 Å². The first-order chi connectivity index (χ1) is 10.1. The summed E-state index contributed by atoms with van der Waals surface area (Å²) in [5, 5.41) is 1.57. The van der Waals surface area contributed by atoms with Crippen LogP contribution in [0.2, 0.25) is 15.1 Å². The van der Waals surface area contributed by atoms with Crippen molar-refractivity contribution in [3.8, 4) is 5.75 Å². The molecule has 3 rings (SSSR count). The number of hydrogen-bond donors (Lipinski definition) is 0. The van der Waals surface area contributed by atoms with E-state index in [2.05, 4.69) is 0 Å². The first-order valence-corrected chi connectivity index (χ1v) is 7.35. The molecular weight excluding hydrogens is 333 g/mol. The fourth-order valence-electron chi connectivity index (χ4n) is 2.19. The highest BCUT2D eigenvalue weighted by Gasteiger charge is 2.27. The van der Waals surface area contributed by atoms with E-state index in [-0.39, 0.29) is 19.1 Å². The molecule has 0 saturated carbocycles. The molecule has 1 amide bonds. The fraction of sp³-hybridized carbons (Fsp3) is 0.133. The van der Waals surface area contributed by atoms with Crippen molar-refractivity contribution in [3.05, 3.63) is 57.0 Å². The summed E-state index contributed by atoms with van der Waals surface area (Å²) in [7, 11) is 0. The Morgan fingerprint density at radius 1 is 1.10 bits per heavy atom. The summed E-state index contributed by atoms with van der Waals surface area (Å²) < 4.78 is 5.40. The van der Waals surface area contributed by atoms with E-state index < -0.39 is 0 Å². The first-order valence-electron chi connectivity index (χ1n) is 6.22. The van der Waals surface area contributed by atoms with E-state index in [1.807, 2.05) is 0 Å². The van der Waals surface area contributed by atoms with Crippen LogP contribution in [0.1, 0.15) is 5.56 Å². The second kappa shape index (κ2) is 5.76. The third-order valence-electron chi connectivity index (χ3n) is 3.24. The minimum absolute atomic E-state index is 0.0172. The number of anilines is 1. The van der Waals surface area contributed by atoms with Gasteiger partial charge in [-0.05, 0) is 30.3 Å². The van der Waals surface area contributed by atoms with Crippen LogP contribution in [0.5, 0.6) is 5.75 Å². The van der Waals surface area contributed by atoms with Crippen molar-refractivity contribution in [1.82, 2.24) is 0 Å². The predicted molar refractivity (Wildman–Crippen MR) is 84.6 cm³/mol. The van der Waals surface area contributed by atoms with Crippen LogP contribution in [0.25, 0.3) is 0 Å². The number of benzene rings is 2. The minimum Gasteiger partial charge on any atom is -0.482 e. The Kier molecular flexibility index (Phi) is 3.98. The molecule has 1 aliphatic heterocycles. The van der Waals surface area contributed by atoms with Gasteiger partial charge in [-0.25, -0.2) is 0 Å². The van der Waals surface area contributed by atoms with Crippen molar-refractivity contribution >= 4 is 46.4 Å². The lowest BCUT2D eigenvalue weighted by molar-refractivity contribution is -0.121. The molecule has 0 bridgehead atoms. The average molecular weight is 343 g/mol. The standard InChI is InChI=1S/C15H10Cl3NO2/c16-9-4-5-14-13(6-9)19(15(20)8-21-14)7-10-11(17)2-1-3-12(10)18/h1-6H,7-8H2. The van der Waals surface area contributed by atoms with Crippen LogP contribution < -0.4 is 9.64 Å². The third kappa shape index (κ3) is 2.82. The van der Waals surface area contributed by atoms with Crippen LogP contribution in [0, 0.1) is 0 Å². The van der Waals surface area contributed by atoms with E-state index in [9.17, 15) is 4.79 Å². The number of carbonyl (C=O) groups excluding carboxylic acids is 1. The summed E-state index contributed by atoms with van der Waals surface area (Å²) in [6, 6.07) is 10.4. The molecule has 2 aromatic rings. The van der Waals surface area contributed by atoms with Crippen molar-refractivity contribution in [2.75, 3.05) is 11.5 Å². The number of nitrogens with zero attached hydrogens (tertiary/aromatic N) is 1. The molecular formula is C15H10Cl3NO2. The molecule has 108 valence electrons. The van der Waals surface area contributed by atoms with Crippen molar-refractivity contribution in [1.29, 1.82) is 0 Å². The Hall–Kier alpha value is -1.42. The number of ether oxygens (including phenoxy) is 1. The zero-order valence-corrected chi connectivity index (χ0v) is 13.0. The van der Waals surface area contributed by atoms with Crippen molar-refractivity contribution < 1.29 is 9.53 Å². The summed E-state index contributed by atoms with van der Waals surface area (Å²) in [6.07, 6.45) is 0. The summed E-state index contributed by atoms with van der Waals surface area (Å²) in [5.41, 5.74) is 1.32. The molecule has 0 spiro atoms. The second-order valence-corrected chi connectivity index (χ2v) is 5.83. The van der Waals surface area contributed by atoms with E-state index in [4.69, 9.17) is 39.5 Å². The highest BCUT2D eigenvalue weighted by Crippen LogP contribution is 2.37. The van der Waals surface area contributed by atoms with E-state index in [1.54, 1.807) is 41.3 Å². The molecule has 0 atom stereocenters. The van der Waals surface area contributed by atoms with Gasteiger partial charge in [0.05, 0.1) is 12.2 Å². The summed E-state index contributed by atoms with van der Waals surface area (Å²) in [6.45, 7) is 0.255. The zero-order chi connectivity index (χ0) is 15.0. The molecule has 1 aliphatic rings. The normalized spacial score (nSPS) is 13.9. The van der Waals surface area contributed by atoms with Crippen LogP contribution in [-0.4, -0.2) is 12.5 Å². The maximum atomic E-state index is 12.2. The molecule has 0 N–H and O–H groups in total. The van der Waals surface area contributed by atoms with Crippen molar-refractivity contribution in [2.24, 2.45) is 0 Å². The van der Waals surface area contributed by atoms with Crippen LogP contribution >= 0.6 is 34.8 Å². The maximum Gasteiger partial charge on any atom is 0.265 e. The summed E-state index contributed by atoms with van der Waals surface area (Å²) in [4.78, 5) is 13.7. The van der Waals surface area contributed by atoms with E-state index in [0.29, 0.717) is 32.1 Å². The molecule has 0 fully saturated rings. The van der Waals surface area contributed by atoms with Gasteiger partial charge in [-0.2, -0.15) is 0 Å². The van der Waals surface area contributed by atoms with E-state index >= 15 is 0 Å². The van der Waals surface area contributed by atoms with Crippen LogP contribution in [-0.2, 0) is 11.3 Å². The molecule has 3 nitrogen and oxygen atoms in total. The SMILES string of the molecule is O=C1COc2ccc(Cl)cc2N1Cc1c(Cl)cccc1Cl. The van der Waals surface area contributed by atoms with Crippen LogP contribution in [0.15, 0.2) is 36.4 Å². The van der Waals surface area contributed by atoms with E-state index in [1.165, 1.54) is 0 Å². The molecule has 0 aromatic heterocycles. The van der Waals surface area contributed by atoms with E-state index in [0.717, 1.165) is 0 Å². The Balaban J connectivity index is 2.03. The minimum atomic E-state index is -0.166. The predicted octanol–water partition coefficient (Wildman–Crippen LogP) is 4.57. The first kappa shape index (κ1) is 14.5. The lowest BCUT2D eigenvalue weighted by Gasteiger charge is -2.30. The smallest absolute Gasteiger partial charge is 0.265 e. The summed E-state index contributed by atoms with van der Waals surface area (Å²) >= 11 is 18.4. The Morgan fingerprint density at radius 2 is 1.81 bits per heavy atom. The number of fused-ring (bicyclic) bond motifs is 1. The van der Waals surface area contributed by atoms with Gasteiger partial charge < -0.3 is 9.64 Å². The van der Waals surface area contributed by atoms with Crippen LogP contribution in [0.4, 0.5) is 5.69 Å². The van der Waals surface area contributed by atoms with Gasteiger partial charge in [0, 0.05) is 20.6 Å². The van der Waals surface area contributed by atoms with Crippen molar-refractivity contribution in [3.63, 3.8) is 0 Å². The molecule has 1 heterocycles. The Bertz CT molecular complexity index is 698. The number of amides is 1. The Morgan fingerprint density at radius 3 is 2.52 bits per heavy atom. The maximum absolute atomic E-state index is 12.2. The molecule has 0 unspecified atom stereocenters. The summed E-state index contributed by atoms with van der Waals surface area (Å²) in [5.74, 6) is 0.447. The number of carbonyl (C=O) groups is 1. The second-order valence-electron chi connectivity index (χ2n) is 4.58. The number of rotatable bonds is 2. The quantitative estimate of drug-likeness (QED) is 0.800. The third-order valence-corrected chi connectivity index (χ3v) is 4.19. The average Bonchev–Trinajstić information content (AvgIpc) is 2.45. The lowest BCUT2D eigenvalue weighted by Crippen LogP contribution is -2.38. The van der Waals surface area contributed by atoms with Gasteiger partial charge in [-0.3, -0.25) is 4.79 Å². The highest BCUT2D eigenvalue weighted by atomic mass is 35.5. The Labute approximate surface area is 137 Å². The van der Waals surface area contributed by atoms with Crippen molar-refractivity contribution in [2.45, 2.75) is 6.54 Å². The monoisotopic (exact) mass is 341 g/mol. The molecule has 0 radical (unpaired) electrons. The largest absolute Gasteiger partial charge is 0.482 e.